The van der Waals surface area contributed by atoms with Gasteiger partial charge < -0.3 is 15.0 Å². The number of carbonyl (C=O) groups excluding carboxylic acids is 3. The van der Waals surface area contributed by atoms with E-state index < -0.39 is 24.3 Å². The molecule has 6 nitrogen and oxygen atoms in total. The molecule has 1 aliphatic heterocycles. The standard InChI is InChI=1S/C19H17FN2O4/c1-12(23)21-16-10-14(6-7-15(16)20)19(25)26-11-18(24)22-9-8-13-4-2-3-5-17(13)22/h2-7,10H,8-9,11H2,1H3,(H,21,23). The molecular formula is C19H17FN2O4. The lowest BCUT2D eigenvalue weighted by molar-refractivity contribution is -0.121. The van der Waals surface area contributed by atoms with Gasteiger partial charge in [-0.2, -0.15) is 0 Å². The molecule has 26 heavy (non-hydrogen) atoms. The first-order valence-corrected chi connectivity index (χ1v) is 8.08. The highest BCUT2D eigenvalue weighted by Gasteiger charge is 2.25. The van der Waals surface area contributed by atoms with Crippen molar-refractivity contribution in [1.82, 2.24) is 0 Å². The molecule has 1 aliphatic rings. The lowest BCUT2D eigenvalue weighted by Crippen LogP contribution is -2.33. The summed E-state index contributed by atoms with van der Waals surface area (Å²) in [6.07, 6.45) is 0.758. The van der Waals surface area contributed by atoms with Gasteiger partial charge in [0.1, 0.15) is 5.82 Å². The summed E-state index contributed by atoms with van der Waals surface area (Å²) in [4.78, 5) is 37.1. The molecule has 0 radical (unpaired) electrons. The van der Waals surface area contributed by atoms with Crippen LogP contribution in [0.3, 0.4) is 0 Å². The highest BCUT2D eigenvalue weighted by Crippen LogP contribution is 2.27. The molecule has 0 bridgehead atoms. The Bertz CT molecular complexity index is 882. The number of nitrogens with zero attached hydrogens (tertiary/aromatic N) is 1. The highest BCUT2D eigenvalue weighted by atomic mass is 19.1. The Hall–Kier alpha value is -3.22. The Morgan fingerprint density at radius 3 is 2.73 bits per heavy atom. The van der Waals surface area contributed by atoms with Gasteiger partial charge in [-0.05, 0) is 36.2 Å². The number of carbonyl (C=O) groups is 3. The van der Waals surface area contributed by atoms with Crippen molar-refractivity contribution in [2.24, 2.45) is 0 Å². The van der Waals surface area contributed by atoms with Crippen molar-refractivity contribution in [2.45, 2.75) is 13.3 Å². The van der Waals surface area contributed by atoms with Crippen LogP contribution in [0.2, 0.25) is 0 Å². The Morgan fingerprint density at radius 2 is 1.96 bits per heavy atom. The van der Waals surface area contributed by atoms with Crippen molar-refractivity contribution >= 4 is 29.2 Å². The monoisotopic (exact) mass is 356 g/mol. The van der Waals surface area contributed by atoms with Gasteiger partial charge in [-0.3, -0.25) is 9.59 Å². The number of anilines is 2. The number of fused-ring (bicyclic) bond motifs is 1. The van der Waals surface area contributed by atoms with Crippen LogP contribution in [-0.2, 0) is 20.7 Å². The molecule has 0 fully saturated rings. The smallest absolute Gasteiger partial charge is 0.338 e. The van der Waals surface area contributed by atoms with Gasteiger partial charge in [0.05, 0.1) is 11.3 Å². The maximum atomic E-state index is 13.6. The molecule has 0 saturated carbocycles. The summed E-state index contributed by atoms with van der Waals surface area (Å²) in [5, 5.41) is 2.29. The van der Waals surface area contributed by atoms with Crippen molar-refractivity contribution in [2.75, 3.05) is 23.4 Å². The van der Waals surface area contributed by atoms with Gasteiger partial charge in [-0.15, -0.1) is 0 Å². The summed E-state index contributed by atoms with van der Waals surface area (Å²) in [5.74, 6) is -2.22. The third-order valence-electron chi connectivity index (χ3n) is 4.03. The van der Waals surface area contributed by atoms with Crippen LogP contribution in [0, 0.1) is 5.82 Å². The first-order chi connectivity index (χ1) is 12.5. The van der Waals surface area contributed by atoms with Crippen molar-refractivity contribution < 1.29 is 23.5 Å². The van der Waals surface area contributed by atoms with E-state index in [0.29, 0.717) is 6.54 Å². The van der Waals surface area contributed by atoms with Crippen LogP contribution in [0.15, 0.2) is 42.5 Å². The molecule has 0 aliphatic carbocycles. The fourth-order valence-corrected chi connectivity index (χ4v) is 2.82. The van der Waals surface area contributed by atoms with E-state index in [1.165, 1.54) is 19.1 Å². The van der Waals surface area contributed by atoms with Crippen LogP contribution < -0.4 is 10.2 Å². The van der Waals surface area contributed by atoms with Crippen molar-refractivity contribution in [1.29, 1.82) is 0 Å². The van der Waals surface area contributed by atoms with Crippen LogP contribution in [0.5, 0.6) is 0 Å². The number of benzene rings is 2. The molecule has 0 spiro atoms. The Balaban J connectivity index is 1.64. The number of rotatable bonds is 4. The van der Waals surface area contributed by atoms with Crippen LogP contribution in [0.25, 0.3) is 0 Å². The van der Waals surface area contributed by atoms with Gasteiger partial charge in [-0.25, -0.2) is 9.18 Å². The summed E-state index contributed by atoms with van der Waals surface area (Å²) in [6.45, 7) is 1.36. The Labute approximate surface area is 149 Å². The fourth-order valence-electron chi connectivity index (χ4n) is 2.82. The van der Waals surface area contributed by atoms with Gasteiger partial charge in [-0.1, -0.05) is 18.2 Å². The zero-order valence-corrected chi connectivity index (χ0v) is 14.1. The lowest BCUT2D eigenvalue weighted by atomic mass is 10.2. The second kappa shape index (κ2) is 7.35. The van der Waals surface area contributed by atoms with Gasteiger partial charge >= 0.3 is 5.97 Å². The average Bonchev–Trinajstić information content (AvgIpc) is 3.05. The molecule has 7 heteroatoms. The summed E-state index contributed by atoms with van der Waals surface area (Å²) in [6, 6.07) is 11.0. The zero-order valence-electron chi connectivity index (χ0n) is 14.1. The molecule has 1 N–H and O–H groups in total. The van der Waals surface area contributed by atoms with Gasteiger partial charge in [0.2, 0.25) is 5.91 Å². The van der Waals surface area contributed by atoms with E-state index in [0.717, 1.165) is 23.7 Å². The molecule has 1 heterocycles. The van der Waals surface area contributed by atoms with Gasteiger partial charge in [0.25, 0.3) is 5.91 Å². The number of ether oxygens (including phenoxy) is 1. The highest BCUT2D eigenvalue weighted by molar-refractivity contribution is 5.99. The fraction of sp³-hybridized carbons (Fsp3) is 0.211. The normalized spacial score (nSPS) is 12.5. The Kier molecular flexibility index (Phi) is 4.97. The van der Waals surface area contributed by atoms with E-state index in [4.69, 9.17) is 4.74 Å². The first kappa shape index (κ1) is 17.6. The van der Waals surface area contributed by atoms with E-state index in [2.05, 4.69) is 5.32 Å². The minimum absolute atomic E-state index is 0.0461. The molecular weight excluding hydrogens is 339 g/mol. The lowest BCUT2D eigenvalue weighted by Gasteiger charge is -2.17. The van der Waals surface area contributed by atoms with Crippen LogP contribution in [-0.4, -0.2) is 30.9 Å². The molecule has 134 valence electrons. The van der Waals surface area contributed by atoms with Crippen LogP contribution >= 0.6 is 0 Å². The van der Waals surface area contributed by atoms with Crippen molar-refractivity contribution in [3.8, 4) is 0 Å². The number of hydrogen-bond donors (Lipinski definition) is 1. The quantitative estimate of drug-likeness (QED) is 0.854. The van der Waals surface area contributed by atoms with Crippen molar-refractivity contribution in [3.63, 3.8) is 0 Å². The van der Waals surface area contributed by atoms with Crippen LogP contribution in [0.1, 0.15) is 22.8 Å². The second-order valence-electron chi connectivity index (χ2n) is 5.88. The summed E-state index contributed by atoms with van der Waals surface area (Å²) < 4.78 is 18.7. The molecule has 0 saturated heterocycles. The van der Waals surface area contributed by atoms with E-state index >= 15 is 0 Å². The van der Waals surface area contributed by atoms with E-state index in [1.54, 1.807) is 4.90 Å². The molecule has 2 aromatic carbocycles. The number of halogens is 1. The topological polar surface area (TPSA) is 75.7 Å². The summed E-state index contributed by atoms with van der Waals surface area (Å²) >= 11 is 0. The summed E-state index contributed by atoms with van der Waals surface area (Å²) in [5.41, 5.74) is 1.82. The maximum Gasteiger partial charge on any atom is 0.338 e. The van der Waals surface area contributed by atoms with Crippen LogP contribution in [0.4, 0.5) is 15.8 Å². The third kappa shape index (κ3) is 3.72. The van der Waals surface area contributed by atoms with E-state index in [9.17, 15) is 18.8 Å². The van der Waals surface area contributed by atoms with Gasteiger partial charge in [0, 0.05) is 19.2 Å². The third-order valence-corrected chi connectivity index (χ3v) is 4.03. The largest absolute Gasteiger partial charge is 0.452 e. The number of hydrogen-bond acceptors (Lipinski definition) is 4. The molecule has 0 unspecified atom stereocenters. The first-order valence-electron chi connectivity index (χ1n) is 8.08. The minimum atomic E-state index is -0.766. The number of para-hydroxylation sites is 1. The molecule has 2 amide bonds. The number of amides is 2. The second-order valence-corrected chi connectivity index (χ2v) is 5.88. The minimum Gasteiger partial charge on any atom is -0.452 e. The molecule has 0 aromatic heterocycles. The predicted molar refractivity (Wildman–Crippen MR) is 93.5 cm³/mol. The summed E-state index contributed by atoms with van der Waals surface area (Å²) in [7, 11) is 0. The van der Waals surface area contributed by atoms with E-state index in [1.807, 2.05) is 24.3 Å². The number of nitrogens with one attached hydrogen (secondary N) is 1. The predicted octanol–water partition coefficient (Wildman–Crippen LogP) is 2.53. The van der Waals surface area contributed by atoms with E-state index in [-0.39, 0.29) is 17.2 Å². The average molecular weight is 356 g/mol. The Morgan fingerprint density at radius 1 is 1.19 bits per heavy atom. The zero-order chi connectivity index (χ0) is 18.7. The number of esters is 1. The van der Waals surface area contributed by atoms with Gasteiger partial charge in [0.15, 0.2) is 6.61 Å². The SMILES string of the molecule is CC(=O)Nc1cc(C(=O)OCC(=O)N2CCc3ccccc32)ccc1F. The molecule has 0 atom stereocenters. The van der Waals surface area contributed by atoms with Crippen molar-refractivity contribution in [3.05, 3.63) is 59.4 Å². The maximum absolute atomic E-state index is 13.6. The molecule has 2 aromatic rings. The molecule has 3 rings (SSSR count).